The highest BCUT2D eigenvalue weighted by Crippen LogP contribution is 3.05. The maximum Gasteiger partial charge on any atom is -0.00566 e. The molecule has 0 N–H and O–H groups in total. The van der Waals surface area contributed by atoms with Crippen molar-refractivity contribution in [1.82, 2.24) is 0 Å². The molecular weight excluding hydrogens is 216 g/mol. The number of rotatable bonds is 0. The van der Waals surface area contributed by atoms with Crippen LogP contribution in [-0.2, 0) is 0 Å². The van der Waals surface area contributed by atoms with Crippen LogP contribution >= 0.6 is 0 Å². The van der Waals surface area contributed by atoms with E-state index in [4.69, 9.17) is 0 Å². The summed E-state index contributed by atoms with van der Waals surface area (Å²) in [6.45, 7) is 0. The standard InChI is InChI=1S/C18H16/c1-2-6-10-9(5-1)13-11-12-14(10)18-8-4-3-7-17(13,18)15(11)16(12)18/h1-6,11-16H,7-8H2/t11-,12-,13-,14-,15+,16+,17-,18+/m0/s1. The molecule has 1 aromatic rings. The van der Waals surface area contributed by atoms with Gasteiger partial charge >= 0.3 is 0 Å². The second-order valence-corrected chi connectivity index (χ2v) is 7.75. The van der Waals surface area contributed by atoms with Crippen LogP contribution in [0.15, 0.2) is 36.4 Å². The molecule has 8 rings (SSSR count). The lowest BCUT2D eigenvalue weighted by Crippen LogP contribution is -2.98. The summed E-state index contributed by atoms with van der Waals surface area (Å²) in [5.74, 6) is 6.46. The molecule has 0 amide bonds. The molecule has 2 bridgehead atoms. The fourth-order valence-corrected chi connectivity index (χ4v) is 8.48. The Bertz CT molecular complexity index is 613. The van der Waals surface area contributed by atoms with E-state index in [2.05, 4.69) is 36.4 Å². The highest BCUT2D eigenvalue weighted by Gasteiger charge is 3.00. The Kier molecular flexibility index (Phi) is 0.881. The molecule has 8 atom stereocenters. The van der Waals surface area contributed by atoms with Crippen molar-refractivity contribution in [2.24, 2.45) is 34.5 Å². The van der Waals surface area contributed by atoms with Crippen LogP contribution in [0.1, 0.15) is 35.8 Å². The summed E-state index contributed by atoms with van der Waals surface area (Å²) in [5, 5.41) is 0. The zero-order valence-corrected chi connectivity index (χ0v) is 10.3. The third-order valence-corrected chi connectivity index (χ3v) is 8.34. The molecule has 0 aliphatic heterocycles. The van der Waals surface area contributed by atoms with Crippen molar-refractivity contribution < 1.29 is 0 Å². The van der Waals surface area contributed by atoms with E-state index in [9.17, 15) is 0 Å². The van der Waals surface area contributed by atoms with Crippen molar-refractivity contribution >= 4 is 0 Å². The van der Waals surface area contributed by atoms with Gasteiger partial charge in [-0.3, -0.25) is 0 Å². The average molecular weight is 232 g/mol. The van der Waals surface area contributed by atoms with Gasteiger partial charge in [-0.15, -0.1) is 0 Å². The number of hydrogen-bond donors (Lipinski definition) is 0. The minimum Gasteiger partial charge on any atom is -0.0879 e. The van der Waals surface area contributed by atoms with Crippen molar-refractivity contribution in [2.75, 3.05) is 0 Å². The quantitative estimate of drug-likeness (QED) is 0.598. The molecule has 0 aromatic heterocycles. The highest BCUT2D eigenvalue weighted by atomic mass is 15.0. The minimum atomic E-state index is 0.755. The van der Waals surface area contributed by atoms with E-state index < -0.39 is 0 Å². The van der Waals surface area contributed by atoms with Gasteiger partial charge in [-0.1, -0.05) is 36.4 Å². The summed E-state index contributed by atoms with van der Waals surface area (Å²) in [6.07, 6.45) is 7.85. The Morgan fingerprint density at radius 1 is 0.778 bits per heavy atom. The van der Waals surface area contributed by atoms with Crippen LogP contribution in [0.4, 0.5) is 0 Å². The molecule has 0 heteroatoms. The van der Waals surface area contributed by atoms with E-state index in [-0.39, 0.29) is 0 Å². The van der Waals surface area contributed by atoms with E-state index in [1.54, 1.807) is 11.1 Å². The molecule has 0 nitrogen and oxygen atoms in total. The number of hydrogen-bond acceptors (Lipinski definition) is 0. The van der Waals surface area contributed by atoms with Gasteiger partial charge in [-0.2, -0.15) is 0 Å². The highest BCUT2D eigenvalue weighted by molar-refractivity contribution is 5.62. The molecule has 7 aliphatic rings. The molecule has 4 saturated carbocycles. The third kappa shape index (κ3) is 0.414. The third-order valence-electron chi connectivity index (χ3n) is 8.34. The Morgan fingerprint density at radius 2 is 1.28 bits per heavy atom. The first-order valence-corrected chi connectivity index (χ1v) is 7.67. The number of benzene rings is 1. The van der Waals surface area contributed by atoms with Gasteiger partial charge in [-0.05, 0) is 70.3 Å². The van der Waals surface area contributed by atoms with Gasteiger partial charge in [0, 0.05) is 0 Å². The molecule has 0 unspecified atom stereocenters. The van der Waals surface area contributed by atoms with Gasteiger partial charge in [-0.25, -0.2) is 0 Å². The Labute approximate surface area is 107 Å². The maximum atomic E-state index is 2.52. The van der Waals surface area contributed by atoms with Crippen LogP contribution < -0.4 is 0 Å². The second kappa shape index (κ2) is 1.94. The molecule has 0 radical (unpaired) electrons. The van der Waals surface area contributed by atoms with Gasteiger partial charge in [0.1, 0.15) is 0 Å². The lowest BCUT2D eigenvalue weighted by atomic mass is 9.00. The van der Waals surface area contributed by atoms with Crippen LogP contribution in [0.3, 0.4) is 0 Å². The Morgan fingerprint density at radius 3 is 1.78 bits per heavy atom. The molecule has 0 heterocycles. The Hall–Kier alpha value is -1.04. The van der Waals surface area contributed by atoms with Crippen molar-refractivity contribution in [3.8, 4) is 0 Å². The Balaban J connectivity index is 1.63. The van der Waals surface area contributed by atoms with Crippen LogP contribution in [0.25, 0.3) is 0 Å². The fraction of sp³-hybridized carbons (Fsp3) is 0.556. The molecule has 1 aromatic carbocycles. The van der Waals surface area contributed by atoms with E-state index in [0.29, 0.717) is 0 Å². The number of allylic oxidation sites excluding steroid dienone is 2. The largest absolute Gasteiger partial charge is 0.0879 e. The summed E-state index contributed by atoms with van der Waals surface area (Å²) in [5.41, 5.74) is 5.04. The molecular formula is C18H16. The van der Waals surface area contributed by atoms with Crippen molar-refractivity contribution in [3.63, 3.8) is 0 Å². The van der Waals surface area contributed by atoms with Crippen molar-refractivity contribution in [1.29, 1.82) is 0 Å². The molecule has 7 aliphatic carbocycles. The van der Waals surface area contributed by atoms with Crippen LogP contribution in [0.2, 0.25) is 0 Å². The summed E-state index contributed by atoms with van der Waals surface area (Å²) in [6, 6.07) is 9.48. The zero-order chi connectivity index (χ0) is 11.3. The first kappa shape index (κ1) is 8.19. The average Bonchev–Trinajstić information content (AvgIpc) is 2.40. The van der Waals surface area contributed by atoms with Gasteiger partial charge in [0.2, 0.25) is 0 Å². The summed E-state index contributed by atoms with van der Waals surface area (Å²) in [4.78, 5) is 0. The SMILES string of the molecule is C1=CC[C@]23[C@@H]4[C@H]5[C@@H]6[C@H]4[C@@]2(C1)[C@H]6c1ccccc1[C@@H]53. The normalized spacial score (nSPS) is 65.6. The fourth-order valence-electron chi connectivity index (χ4n) is 8.48. The molecule has 0 saturated heterocycles. The molecule has 88 valence electrons. The van der Waals surface area contributed by atoms with Crippen LogP contribution in [0.5, 0.6) is 0 Å². The van der Waals surface area contributed by atoms with Gasteiger partial charge in [0.05, 0.1) is 0 Å². The van der Waals surface area contributed by atoms with Gasteiger partial charge in [0.25, 0.3) is 0 Å². The van der Waals surface area contributed by atoms with Crippen LogP contribution in [0, 0.1) is 34.5 Å². The predicted molar refractivity (Wildman–Crippen MR) is 69.1 cm³/mol. The summed E-state index contributed by atoms with van der Waals surface area (Å²) in [7, 11) is 0. The van der Waals surface area contributed by atoms with E-state index in [0.717, 1.165) is 46.3 Å². The monoisotopic (exact) mass is 232 g/mol. The molecule has 2 spiro atoms. The van der Waals surface area contributed by atoms with E-state index in [1.807, 2.05) is 0 Å². The second-order valence-electron chi connectivity index (χ2n) is 7.75. The van der Waals surface area contributed by atoms with Crippen molar-refractivity contribution in [3.05, 3.63) is 47.5 Å². The molecule has 4 fully saturated rings. The first-order valence-electron chi connectivity index (χ1n) is 7.67. The van der Waals surface area contributed by atoms with E-state index >= 15 is 0 Å². The topological polar surface area (TPSA) is 0 Å². The van der Waals surface area contributed by atoms with Crippen LogP contribution in [-0.4, -0.2) is 0 Å². The summed E-state index contributed by atoms with van der Waals surface area (Å²) >= 11 is 0. The first-order chi connectivity index (χ1) is 8.93. The lowest BCUT2D eigenvalue weighted by Gasteiger charge is -3.03. The van der Waals surface area contributed by atoms with Crippen molar-refractivity contribution in [2.45, 2.75) is 24.7 Å². The maximum absolute atomic E-state index is 2.52. The smallest absolute Gasteiger partial charge is 0.00566 e. The predicted octanol–water partition coefficient (Wildman–Crippen LogP) is 3.71. The zero-order valence-electron chi connectivity index (χ0n) is 10.3. The summed E-state index contributed by atoms with van der Waals surface area (Å²) < 4.78 is 0. The van der Waals surface area contributed by atoms with E-state index in [1.165, 1.54) is 12.8 Å². The van der Waals surface area contributed by atoms with Gasteiger partial charge in [0.15, 0.2) is 0 Å². The molecule has 18 heavy (non-hydrogen) atoms. The minimum absolute atomic E-state index is 0.755. The lowest BCUT2D eigenvalue weighted by molar-refractivity contribution is -0.516. The van der Waals surface area contributed by atoms with Gasteiger partial charge < -0.3 is 0 Å².